The zero-order valence-electron chi connectivity index (χ0n) is 2.96. The van der Waals surface area contributed by atoms with Crippen LogP contribution in [0, 0.1) is 0 Å². The molecule has 0 aliphatic rings. The quantitative estimate of drug-likeness (QED) is 0.474. The van der Waals surface area contributed by atoms with E-state index in [9.17, 15) is 0 Å². The van der Waals surface area contributed by atoms with Crippen molar-refractivity contribution < 1.29 is 5.11 Å². The van der Waals surface area contributed by atoms with Crippen LogP contribution in [0.4, 0.5) is 0 Å². The first-order chi connectivity index (χ1) is 2.77. The molecule has 0 fully saturated rings. The van der Waals surface area contributed by atoms with Crippen molar-refractivity contribution >= 4 is 36.0 Å². The Kier molecular flexibility index (Phi) is 4.30. The summed E-state index contributed by atoms with van der Waals surface area (Å²) in [5.74, 6) is 0. The molecule has 1 nitrogen and oxygen atoms in total. The second kappa shape index (κ2) is 3.86. The number of hydrogen-bond donors (Lipinski definition) is 1. The molecule has 0 heterocycles. The molecule has 1 N–H and O–H groups in total. The molecule has 0 amide bonds. The number of hydrogen-bond acceptors (Lipinski definition) is 3. The van der Waals surface area contributed by atoms with Crippen molar-refractivity contribution in [2.24, 2.45) is 0 Å². The molecule has 0 rings (SSSR count). The summed E-state index contributed by atoms with van der Waals surface area (Å²) in [5.41, 5.74) is 0. The normalized spacial score (nSPS) is 6.83. The molecule has 0 atom stereocenters. The van der Waals surface area contributed by atoms with Crippen molar-refractivity contribution in [1.82, 2.24) is 0 Å². The minimum absolute atomic E-state index is 0.0100. The zero-order valence-corrected chi connectivity index (χ0v) is 5.41. The Labute approximate surface area is 47.9 Å². The molecule has 34 valence electrons. The fraction of sp³-hybridized carbons (Fsp3) is 1.00. The van der Waals surface area contributed by atoms with Crippen molar-refractivity contribution in [3.05, 3.63) is 0 Å². The maximum atomic E-state index is 8.05. The third-order valence-corrected chi connectivity index (χ3v) is 1.45. The third-order valence-electron chi connectivity index (χ3n) is 0.211. The number of rotatable bonds is 1. The first-order valence-corrected chi connectivity index (χ1v) is 4.43. The monoisotopic (exact) mass is 138 g/mol. The van der Waals surface area contributed by atoms with Crippen molar-refractivity contribution in [1.29, 1.82) is 0 Å². The molecule has 0 spiro atoms. The SMILES string of the molecule is OCB=S(=S)=S. The summed E-state index contributed by atoms with van der Waals surface area (Å²) >= 11 is 9.01. The van der Waals surface area contributed by atoms with E-state index in [4.69, 9.17) is 5.11 Å². The van der Waals surface area contributed by atoms with Gasteiger partial charge >= 0.3 is 47.6 Å². The van der Waals surface area contributed by atoms with Crippen molar-refractivity contribution in [2.75, 3.05) is 6.51 Å². The molecule has 0 saturated heterocycles. The van der Waals surface area contributed by atoms with Crippen LogP contribution in [0.25, 0.3) is 0 Å². The molecule has 0 bridgehead atoms. The van der Waals surface area contributed by atoms with Crippen LogP contribution >= 0.6 is 0 Å². The molecule has 6 heavy (non-hydrogen) atoms. The Balaban J connectivity index is 3.78. The van der Waals surface area contributed by atoms with E-state index in [0.29, 0.717) is 0 Å². The summed E-state index contributed by atoms with van der Waals surface area (Å²) in [6, 6.07) is 0. The van der Waals surface area contributed by atoms with Crippen LogP contribution in [-0.2, 0) is 29.8 Å². The van der Waals surface area contributed by atoms with Crippen LogP contribution < -0.4 is 0 Å². The van der Waals surface area contributed by atoms with Crippen molar-refractivity contribution in [2.45, 2.75) is 0 Å². The number of aliphatic hydroxyl groups is 1. The predicted octanol–water partition coefficient (Wildman–Crippen LogP) is -0.902. The van der Waals surface area contributed by atoms with Gasteiger partial charge in [0.2, 0.25) is 0 Å². The van der Waals surface area contributed by atoms with Gasteiger partial charge in [0.05, 0.1) is 0 Å². The summed E-state index contributed by atoms with van der Waals surface area (Å²) in [7, 11) is -0.524. The van der Waals surface area contributed by atoms with E-state index >= 15 is 0 Å². The van der Waals surface area contributed by atoms with Crippen LogP contribution in [0.2, 0.25) is 0 Å². The van der Waals surface area contributed by atoms with Gasteiger partial charge in [0.25, 0.3) is 0 Å². The van der Waals surface area contributed by atoms with Crippen LogP contribution in [0.1, 0.15) is 0 Å². The Morgan fingerprint density at radius 2 is 2.17 bits per heavy atom. The van der Waals surface area contributed by atoms with Gasteiger partial charge in [-0.05, 0) is 0 Å². The molecule has 0 aliphatic carbocycles. The Bertz CT molecular complexity index is 125. The molecule has 5 heteroatoms. The third kappa shape index (κ3) is 4.68. The van der Waals surface area contributed by atoms with Gasteiger partial charge in [0.15, 0.2) is 0 Å². The van der Waals surface area contributed by atoms with Gasteiger partial charge in [0.1, 0.15) is 0 Å². The minimum atomic E-state index is -0.524. The standard InChI is InChI=1S/CH3BOS3/c3-1-2-6(4)5/h3H,1H2. The van der Waals surface area contributed by atoms with Crippen LogP contribution in [0.3, 0.4) is 0 Å². The topological polar surface area (TPSA) is 20.2 Å². The molecule has 0 saturated carbocycles. The molecule has 0 unspecified atom stereocenters. The Morgan fingerprint density at radius 3 is 2.17 bits per heavy atom. The van der Waals surface area contributed by atoms with Gasteiger partial charge in [-0.1, -0.05) is 0 Å². The van der Waals surface area contributed by atoms with Gasteiger partial charge in [-0.2, -0.15) is 0 Å². The van der Waals surface area contributed by atoms with E-state index in [1.165, 1.54) is 6.15 Å². The van der Waals surface area contributed by atoms with Gasteiger partial charge < -0.3 is 0 Å². The summed E-state index contributed by atoms with van der Waals surface area (Å²) < 4.78 is 0. The Hall–Kier alpha value is 0.685. The fourth-order valence-electron chi connectivity index (χ4n) is 0.0609. The summed E-state index contributed by atoms with van der Waals surface area (Å²) in [5, 5.41) is 8.05. The van der Waals surface area contributed by atoms with E-state index < -0.39 is 7.44 Å². The van der Waals surface area contributed by atoms with Crippen molar-refractivity contribution in [3.8, 4) is 0 Å². The summed E-state index contributed by atoms with van der Waals surface area (Å²) in [4.78, 5) is 0. The predicted molar refractivity (Wildman–Crippen MR) is 34.9 cm³/mol. The van der Waals surface area contributed by atoms with Crippen LogP contribution in [0.15, 0.2) is 0 Å². The van der Waals surface area contributed by atoms with Crippen molar-refractivity contribution in [3.63, 3.8) is 0 Å². The second-order valence-corrected chi connectivity index (χ2v) is 4.25. The van der Waals surface area contributed by atoms with Crippen LogP contribution in [0.5, 0.6) is 0 Å². The Morgan fingerprint density at radius 1 is 1.67 bits per heavy atom. The van der Waals surface area contributed by atoms with Gasteiger partial charge in [-0.3, -0.25) is 0 Å². The zero-order chi connectivity index (χ0) is 4.99. The van der Waals surface area contributed by atoms with E-state index in [2.05, 4.69) is 22.4 Å². The average Bonchev–Trinajstić information content (AvgIpc) is 1.35. The number of aliphatic hydroxyl groups excluding tert-OH is 1. The second-order valence-electron chi connectivity index (χ2n) is 0.610. The summed E-state index contributed by atoms with van der Waals surface area (Å²) in [6.07, 6.45) is 1.50. The molecule has 0 radical (unpaired) electrons. The first kappa shape index (κ1) is 6.68. The molecular weight excluding hydrogens is 135 g/mol. The van der Waals surface area contributed by atoms with Gasteiger partial charge in [-0.25, -0.2) is 0 Å². The summed E-state index contributed by atoms with van der Waals surface area (Å²) in [6.45, 7) is 0.0100. The fourth-order valence-corrected chi connectivity index (χ4v) is 0.548. The molecular formula is CH3BOS3. The first-order valence-electron chi connectivity index (χ1n) is 1.29. The van der Waals surface area contributed by atoms with Gasteiger partial charge in [0, 0.05) is 0 Å². The van der Waals surface area contributed by atoms with E-state index in [1.807, 2.05) is 0 Å². The molecule has 0 aromatic heterocycles. The van der Waals surface area contributed by atoms with Crippen LogP contribution in [-0.4, -0.2) is 17.8 Å². The van der Waals surface area contributed by atoms with E-state index in [0.717, 1.165) is 0 Å². The van der Waals surface area contributed by atoms with Gasteiger partial charge in [-0.15, -0.1) is 0 Å². The van der Waals surface area contributed by atoms with E-state index in [1.54, 1.807) is 0 Å². The maximum absolute atomic E-state index is 8.05. The average molecular weight is 138 g/mol. The molecule has 0 aliphatic heterocycles. The molecule has 0 aromatic rings. The van der Waals surface area contributed by atoms with E-state index in [-0.39, 0.29) is 6.51 Å². The molecule has 0 aromatic carbocycles.